The third kappa shape index (κ3) is 2.09. The lowest BCUT2D eigenvalue weighted by Crippen LogP contribution is -2.53. The summed E-state index contributed by atoms with van der Waals surface area (Å²) in [6.07, 6.45) is 4.11. The van der Waals surface area contributed by atoms with E-state index in [4.69, 9.17) is 10.5 Å². The monoisotopic (exact) mass is 288 g/mol. The van der Waals surface area contributed by atoms with Crippen molar-refractivity contribution >= 4 is 5.82 Å². The molecule has 0 amide bonds. The number of rotatable bonds is 2. The number of hydrogen-bond donors (Lipinski definition) is 2. The molecule has 0 saturated carbocycles. The number of aliphatic hydroxyl groups is 1. The van der Waals surface area contributed by atoms with E-state index in [-0.39, 0.29) is 24.0 Å². The van der Waals surface area contributed by atoms with Gasteiger partial charge >= 0.3 is 0 Å². The summed E-state index contributed by atoms with van der Waals surface area (Å²) in [5, 5.41) is 9.98. The first kappa shape index (κ1) is 14.5. The molecule has 2 heterocycles. The SMILES string of the molecule is CC1=CC(C)C2(CO)COC(c3ccc(N)nc3)C1C2C. The topological polar surface area (TPSA) is 68.4 Å². The van der Waals surface area contributed by atoms with Crippen molar-refractivity contribution in [3.05, 3.63) is 35.5 Å². The third-order valence-electron chi connectivity index (χ3n) is 5.68. The number of pyridine rings is 1. The fourth-order valence-electron chi connectivity index (χ4n) is 4.17. The third-order valence-corrected chi connectivity index (χ3v) is 5.68. The van der Waals surface area contributed by atoms with Crippen LogP contribution in [0.25, 0.3) is 0 Å². The van der Waals surface area contributed by atoms with Crippen molar-refractivity contribution in [1.29, 1.82) is 0 Å². The van der Waals surface area contributed by atoms with Gasteiger partial charge in [-0.25, -0.2) is 4.98 Å². The first-order valence-corrected chi connectivity index (χ1v) is 7.62. The van der Waals surface area contributed by atoms with Crippen LogP contribution in [0.5, 0.6) is 0 Å². The average molecular weight is 288 g/mol. The quantitative estimate of drug-likeness (QED) is 0.821. The van der Waals surface area contributed by atoms with Gasteiger partial charge in [0.25, 0.3) is 0 Å². The summed E-state index contributed by atoms with van der Waals surface area (Å²) in [5.74, 6) is 1.52. The van der Waals surface area contributed by atoms with E-state index >= 15 is 0 Å². The Balaban J connectivity index is 2.01. The zero-order chi connectivity index (χ0) is 15.2. The van der Waals surface area contributed by atoms with Crippen molar-refractivity contribution in [2.75, 3.05) is 18.9 Å². The van der Waals surface area contributed by atoms with Crippen LogP contribution < -0.4 is 5.73 Å². The van der Waals surface area contributed by atoms with E-state index in [0.29, 0.717) is 24.3 Å². The van der Waals surface area contributed by atoms with Crippen LogP contribution in [-0.4, -0.2) is 23.3 Å². The molecule has 2 bridgehead atoms. The zero-order valence-electron chi connectivity index (χ0n) is 12.9. The average Bonchev–Trinajstić information content (AvgIpc) is 2.46. The van der Waals surface area contributed by atoms with E-state index in [1.165, 1.54) is 5.57 Å². The molecule has 1 aliphatic carbocycles. The lowest BCUT2D eigenvalue weighted by Gasteiger charge is -2.55. The summed E-state index contributed by atoms with van der Waals surface area (Å²) in [5.41, 5.74) is 7.92. The van der Waals surface area contributed by atoms with Crippen LogP contribution in [-0.2, 0) is 4.74 Å². The molecule has 0 radical (unpaired) electrons. The van der Waals surface area contributed by atoms with E-state index in [1.807, 2.05) is 18.3 Å². The highest BCUT2D eigenvalue weighted by atomic mass is 16.5. The highest BCUT2D eigenvalue weighted by molar-refractivity contribution is 5.32. The van der Waals surface area contributed by atoms with Crippen molar-refractivity contribution in [3.8, 4) is 0 Å². The minimum atomic E-state index is -0.165. The zero-order valence-corrected chi connectivity index (χ0v) is 12.9. The second-order valence-corrected chi connectivity index (χ2v) is 6.65. The summed E-state index contributed by atoms with van der Waals surface area (Å²) in [7, 11) is 0. The van der Waals surface area contributed by atoms with E-state index in [9.17, 15) is 5.11 Å². The molecular weight excluding hydrogens is 264 g/mol. The number of hydrogen-bond acceptors (Lipinski definition) is 4. The Kier molecular flexibility index (Phi) is 3.54. The summed E-state index contributed by atoms with van der Waals surface area (Å²) in [6, 6.07) is 3.82. The van der Waals surface area contributed by atoms with Gasteiger partial charge in [-0.1, -0.05) is 31.6 Å². The number of aliphatic hydroxyl groups excluding tert-OH is 1. The molecule has 2 aliphatic rings. The Bertz CT molecular complexity index is 554. The number of ether oxygens (including phenoxy) is 1. The van der Waals surface area contributed by atoms with Crippen LogP contribution in [0, 0.1) is 23.2 Å². The van der Waals surface area contributed by atoms with Crippen LogP contribution in [0.2, 0.25) is 0 Å². The van der Waals surface area contributed by atoms with Gasteiger partial charge in [-0.2, -0.15) is 0 Å². The van der Waals surface area contributed by atoms with Crippen LogP contribution in [0.4, 0.5) is 5.82 Å². The van der Waals surface area contributed by atoms with Gasteiger partial charge in [-0.05, 0) is 30.4 Å². The molecule has 1 aromatic heterocycles. The minimum Gasteiger partial charge on any atom is -0.396 e. The van der Waals surface area contributed by atoms with Crippen molar-refractivity contribution in [2.24, 2.45) is 23.2 Å². The number of nitrogens with zero attached hydrogens (tertiary/aromatic N) is 1. The van der Waals surface area contributed by atoms with Crippen LogP contribution in [0.1, 0.15) is 32.4 Å². The molecule has 3 rings (SSSR count). The van der Waals surface area contributed by atoms with Crippen molar-refractivity contribution < 1.29 is 9.84 Å². The van der Waals surface area contributed by atoms with Gasteiger partial charge in [0, 0.05) is 17.5 Å². The molecule has 1 aromatic rings. The molecular formula is C17H24N2O2. The summed E-state index contributed by atoms with van der Waals surface area (Å²) in [4.78, 5) is 4.19. The Morgan fingerprint density at radius 3 is 2.81 bits per heavy atom. The Morgan fingerprint density at radius 1 is 1.43 bits per heavy atom. The van der Waals surface area contributed by atoms with E-state index in [1.54, 1.807) is 0 Å². The van der Waals surface area contributed by atoms with E-state index < -0.39 is 0 Å². The Morgan fingerprint density at radius 2 is 2.19 bits per heavy atom. The predicted molar refractivity (Wildman–Crippen MR) is 82.4 cm³/mol. The number of fused-ring (bicyclic) bond motifs is 2. The number of allylic oxidation sites excluding steroid dienone is 1. The number of nitrogen functional groups attached to an aromatic ring is 1. The van der Waals surface area contributed by atoms with Gasteiger partial charge in [0.2, 0.25) is 0 Å². The summed E-state index contributed by atoms with van der Waals surface area (Å²) in [6.45, 7) is 7.35. The molecule has 1 aliphatic heterocycles. The molecule has 21 heavy (non-hydrogen) atoms. The second kappa shape index (κ2) is 5.11. The smallest absolute Gasteiger partial charge is 0.123 e. The molecule has 4 nitrogen and oxygen atoms in total. The Labute approximate surface area is 126 Å². The second-order valence-electron chi connectivity index (χ2n) is 6.65. The summed E-state index contributed by atoms with van der Waals surface area (Å²) < 4.78 is 6.19. The maximum Gasteiger partial charge on any atom is 0.123 e. The minimum absolute atomic E-state index is 0.00322. The lowest BCUT2D eigenvalue weighted by atomic mass is 9.56. The molecule has 0 aromatic carbocycles. The molecule has 3 N–H and O–H groups in total. The molecule has 1 fully saturated rings. The highest BCUT2D eigenvalue weighted by Gasteiger charge is 2.53. The molecule has 1 saturated heterocycles. The molecule has 0 spiro atoms. The van der Waals surface area contributed by atoms with Crippen molar-refractivity contribution in [1.82, 2.24) is 4.98 Å². The fourth-order valence-corrected chi connectivity index (χ4v) is 4.17. The van der Waals surface area contributed by atoms with Crippen LogP contribution in [0.15, 0.2) is 30.0 Å². The molecule has 5 unspecified atom stereocenters. The van der Waals surface area contributed by atoms with Crippen molar-refractivity contribution in [3.63, 3.8) is 0 Å². The van der Waals surface area contributed by atoms with Gasteiger partial charge in [-0.3, -0.25) is 0 Å². The fraction of sp³-hybridized carbons (Fsp3) is 0.588. The van der Waals surface area contributed by atoms with E-state index in [0.717, 1.165) is 5.56 Å². The van der Waals surface area contributed by atoms with Gasteiger partial charge < -0.3 is 15.6 Å². The highest BCUT2D eigenvalue weighted by Crippen LogP contribution is 2.55. The van der Waals surface area contributed by atoms with Crippen LogP contribution >= 0.6 is 0 Å². The number of nitrogens with two attached hydrogens (primary N) is 1. The normalized spacial score (nSPS) is 39.0. The first-order valence-electron chi connectivity index (χ1n) is 7.62. The first-order chi connectivity index (χ1) is 9.99. The Hall–Kier alpha value is -1.39. The van der Waals surface area contributed by atoms with E-state index in [2.05, 4.69) is 31.8 Å². The number of anilines is 1. The molecule has 5 atom stereocenters. The van der Waals surface area contributed by atoms with Crippen LogP contribution in [0.3, 0.4) is 0 Å². The summed E-state index contributed by atoms with van der Waals surface area (Å²) >= 11 is 0. The molecule has 4 heteroatoms. The molecule has 114 valence electrons. The van der Waals surface area contributed by atoms with Gasteiger partial charge in [0.1, 0.15) is 5.82 Å². The maximum atomic E-state index is 9.98. The maximum absolute atomic E-state index is 9.98. The van der Waals surface area contributed by atoms with Crippen molar-refractivity contribution in [2.45, 2.75) is 26.9 Å². The largest absolute Gasteiger partial charge is 0.396 e. The standard InChI is InChI=1S/C17H24N2O2/c1-10-6-11(2)17(8-20)9-21-16(15(10)12(17)3)13-4-5-14(18)19-7-13/h4-7,11-12,15-16,20H,8-9H2,1-3H3,(H2,18,19). The van der Waals surface area contributed by atoms with Gasteiger partial charge in [-0.15, -0.1) is 0 Å². The lowest BCUT2D eigenvalue weighted by molar-refractivity contribution is -0.165. The van der Waals surface area contributed by atoms with Gasteiger partial charge in [0.15, 0.2) is 0 Å². The van der Waals surface area contributed by atoms with Gasteiger partial charge in [0.05, 0.1) is 19.3 Å². The predicted octanol–water partition coefficient (Wildman–Crippen LogP) is 2.56. The number of aromatic nitrogens is 1.